The van der Waals surface area contributed by atoms with Crippen molar-refractivity contribution >= 4 is 0 Å². The summed E-state index contributed by atoms with van der Waals surface area (Å²) < 4.78 is 0. The molecule has 66 valence electrons. The van der Waals surface area contributed by atoms with Crippen LogP contribution in [0.3, 0.4) is 0 Å². The Labute approximate surface area is 70.6 Å². The van der Waals surface area contributed by atoms with E-state index in [1.807, 2.05) is 0 Å². The first-order valence-corrected chi connectivity index (χ1v) is 4.62. The average Bonchev–Trinajstić information content (AvgIpc) is 2.44. The number of rotatable bonds is 3. The third kappa shape index (κ3) is 2.82. The van der Waals surface area contributed by atoms with Crippen molar-refractivity contribution in [1.29, 1.82) is 0 Å². The van der Waals surface area contributed by atoms with Gasteiger partial charge in [-0.3, -0.25) is 0 Å². The van der Waals surface area contributed by atoms with Crippen molar-refractivity contribution < 1.29 is 0 Å². The molecule has 0 radical (unpaired) electrons. The van der Waals surface area contributed by atoms with Crippen LogP contribution >= 0.6 is 0 Å². The van der Waals surface area contributed by atoms with Gasteiger partial charge in [-0.1, -0.05) is 20.8 Å². The van der Waals surface area contributed by atoms with Crippen molar-refractivity contribution in [2.45, 2.75) is 40.0 Å². The van der Waals surface area contributed by atoms with Crippen molar-refractivity contribution in [3.8, 4) is 0 Å². The summed E-state index contributed by atoms with van der Waals surface area (Å²) in [7, 11) is 2.06. The topological polar surface area (TPSA) is 12.0 Å². The van der Waals surface area contributed by atoms with Crippen LogP contribution < -0.4 is 5.32 Å². The first-order chi connectivity index (χ1) is 4.97. The van der Waals surface area contributed by atoms with E-state index in [1.165, 1.54) is 25.8 Å². The highest BCUT2D eigenvalue weighted by molar-refractivity contribution is 4.96. The molecule has 0 aromatic rings. The maximum atomic E-state index is 3.29. The van der Waals surface area contributed by atoms with Gasteiger partial charge in [0.1, 0.15) is 0 Å². The fraction of sp³-hybridized carbons (Fsp3) is 1.00. The third-order valence-electron chi connectivity index (χ3n) is 2.41. The van der Waals surface area contributed by atoms with E-state index in [-0.39, 0.29) is 0 Å². The number of nitrogens with one attached hydrogen (secondary N) is 1. The van der Waals surface area contributed by atoms with E-state index >= 15 is 0 Å². The third-order valence-corrected chi connectivity index (χ3v) is 2.41. The molecule has 0 aromatic carbocycles. The second-order valence-corrected chi connectivity index (χ2v) is 5.27. The lowest BCUT2D eigenvalue weighted by molar-refractivity contribution is 0.273. The number of hydrogen-bond acceptors (Lipinski definition) is 1. The van der Waals surface area contributed by atoms with E-state index in [1.54, 1.807) is 0 Å². The first-order valence-electron chi connectivity index (χ1n) is 4.62. The molecule has 0 saturated heterocycles. The predicted molar refractivity (Wildman–Crippen MR) is 49.7 cm³/mol. The molecule has 1 nitrogen and oxygen atoms in total. The van der Waals surface area contributed by atoms with Crippen LogP contribution in [0, 0.1) is 10.8 Å². The summed E-state index contributed by atoms with van der Waals surface area (Å²) in [5, 5.41) is 3.29. The van der Waals surface area contributed by atoms with E-state index in [4.69, 9.17) is 0 Å². The van der Waals surface area contributed by atoms with Crippen LogP contribution in [0.25, 0.3) is 0 Å². The molecule has 0 bridgehead atoms. The van der Waals surface area contributed by atoms with Gasteiger partial charge in [0.25, 0.3) is 0 Å². The lowest BCUT2D eigenvalue weighted by Crippen LogP contribution is -2.24. The van der Waals surface area contributed by atoms with Crippen LogP contribution in [0.2, 0.25) is 0 Å². The Morgan fingerprint density at radius 3 is 2.09 bits per heavy atom. The normalized spacial score (nSPS) is 21.8. The van der Waals surface area contributed by atoms with Gasteiger partial charge in [0, 0.05) is 6.54 Å². The van der Waals surface area contributed by atoms with Gasteiger partial charge in [-0.25, -0.2) is 0 Å². The van der Waals surface area contributed by atoms with E-state index in [0.29, 0.717) is 10.8 Å². The molecule has 0 atom stereocenters. The van der Waals surface area contributed by atoms with Crippen molar-refractivity contribution in [2.24, 2.45) is 10.8 Å². The van der Waals surface area contributed by atoms with Gasteiger partial charge >= 0.3 is 0 Å². The summed E-state index contributed by atoms with van der Waals surface area (Å²) in [5.41, 5.74) is 1.18. The maximum absolute atomic E-state index is 3.29. The molecule has 1 aliphatic carbocycles. The summed E-state index contributed by atoms with van der Waals surface area (Å²) in [4.78, 5) is 0. The van der Waals surface area contributed by atoms with Crippen LogP contribution in [0.15, 0.2) is 0 Å². The fourth-order valence-electron chi connectivity index (χ4n) is 2.09. The summed E-state index contributed by atoms with van der Waals surface area (Å²) in [5.74, 6) is 0. The van der Waals surface area contributed by atoms with Crippen LogP contribution in [0.5, 0.6) is 0 Å². The van der Waals surface area contributed by atoms with Crippen molar-refractivity contribution in [3.63, 3.8) is 0 Å². The SMILES string of the molecule is CNCC1(CC(C)(C)C)CC1. The van der Waals surface area contributed by atoms with Crippen LogP contribution in [0.4, 0.5) is 0 Å². The monoisotopic (exact) mass is 155 g/mol. The van der Waals surface area contributed by atoms with Gasteiger partial charge in [-0.05, 0) is 37.1 Å². The van der Waals surface area contributed by atoms with Gasteiger partial charge in [0.15, 0.2) is 0 Å². The minimum atomic E-state index is 0.507. The molecule has 11 heavy (non-hydrogen) atoms. The van der Waals surface area contributed by atoms with Gasteiger partial charge < -0.3 is 5.32 Å². The summed E-state index contributed by atoms with van der Waals surface area (Å²) >= 11 is 0. The maximum Gasteiger partial charge on any atom is 0.000501 e. The zero-order valence-corrected chi connectivity index (χ0v) is 8.33. The highest BCUT2D eigenvalue weighted by Gasteiger charge is 2.44. The highest BCUT2D eigenvalue weighted by Crippen LogP contribution is 2.52. The molecule has 1 fully saturated rings. The molecule has 1 rings (SSSR count). The first kappa shape index (κ1) is 9.05. The van der Waals surface area contributed by atoms with Gasteiger partial charge in [0.05, 0.1) is 0 Å². The zero-order valence-electron chi connectivity index (χ0n) is 8.33. The molecule has 0 heterocycles. The van der Waals surface area contributed by atoms with Gasteiger partial charge in [-0.2, -0.15) is 0 Å². The van der Waals surface area contributed by atoms with Gasteiger partial charge in [-0.15, -0.1) is 0 Å². The second kappa shape index (κ2) is 2.78. The van der Waals surface area contributed by atoms with Crippen LogP contribution in [-0.4, -0.2) is 13.6 Å². The van der Waals surface area contributed by atoms with Crippen LogP contribution in [-0.2, 0) is 0 Å². The largest absolute Gasteiger partial charge is 0.319 e. The summed E-state index contributed by atoms with van der Waals surface area (Å²) in [6.45, 7) is 8.22. The Morgan fingerprint density at radius 1 is 1.27 bits per heavy atom. The Kier molecular flexibility index (Phi) is 2.29. The molecule has 1 saturated carbocycles. The molecular formula is C10H21N. The molecule has 0 aromatic heterocycles. The zero-order chi connectivity index (χ0) is 8.54. The lowest BCUT2D eigenvalue weighted by Gasteiger charge is -2.25. The Bertz CT molecular complexity index is 128. The highest BCUT2D eigenvalue weighted by atomic mass is 14.8. The Balaban J connectivity index is 2.35. The van der Waals surface area contributed by atoms with E-state index in [0.717, 1.165) is 0 Å². The second-order valence-electron chi connectivity index (χ2n) is 5.27. The Hall–Kier alpha value is -0.0400. The summed E-state index contributed by atoms with van der Waals surface area (Å²) in [6.07, 6.45) is 4.25. The molecule has 1 heteroatoms. The molecule has 0 aliphatic heterocycles. The molecule has 0 amide bonds. The van der Waals surface area contributed by atoms with Gasteiger partial charge in [0.2, 0.25) is 0 Å². The Morgan fingerprint density at radius 2 is 1.82 bits per heavy atom. The van der Waals surface area contributed by atoms with Crippen molar-refractivity contribution in [2.75, 3.05) is 13.6 Å². The van der Waals surface area contributed by atoms with Crippen molar-refractivity contribution in [3.05, 3.63) is 0 Å². The quantitative estimate of drug-likeness (QED) is 0.660. The van der Waals surface area contributed by atoms with E-state index < -0.39 is 0 Å². The standard InChI is InChI=1S/C10H21N/c1-9(2,3)7-10(5-6-10)8-11-4/h11H,5-8H2,1-4H3. The smallest absolute Gasteiger partial charge is 0.000501 e. The molecule has 0 spiro atoms. The van der Waals surface area contributed by atoms with Crippen LogP contribution in [0.1, 0.15) is 40.0 Å². The number of hydrogen-bond donors (Lipinski definition) is 1. The lowest BCUT2D eigenvalue weighted by atomic mass is 9.83. The predicted octanol–water partition coefficient (Wildman–Crippen LogP) is 2.42. The van der Waals surface area contributed by atoms with E-state index in [9.17, 15) is 0 Å². The molecule has 1 N–H and O–H groups in total. The molecule has 0 unspecified atom stereocenters. The minimum Gasteiger partial charge on any atom is -0.319 e. The average molecular weight is 155 g/mol. The van der Waals surface area contributed by atoms with Crippen molar-refractivity contribution in [1.82, 2.24) is 5.32 Å². The van der Waals surface area contributed by atoms with E-state index in [2.05, 4.69) is 33.1 Å². The summed E-state index contributed by atoms with van der Waals surface area (Å²) in [6, 6.07) is 0. The molecule has 1 aliphatic rings. The minimum absolute atomic E-state index is 0.507. The molecular weight excluding hydrogens is 134 g/mol. The fourth-order valence-corrected chi connectivity index (χ4v) is 2.09.